The molecule has 3 rings (SSSR count). The number of pyridine rings is 1. The molecule has 1 heterocycles. The smallest absolute Gasteiger partial charge is 0.217 e. The van der Waals surface area contributed by atoms with Gasteiger partial charge in [0, 0.05) is 29.9 Å². The van der Waals surface area contributed by atoms with Gasteiger partial charge in [-0.2, -0.15) is 0 Å². The van der Waals surface area contributed by atoms with Gasteiger partial charge in [0.15, 0.2) is 0 Å². The van der Waals surface area contributed by atoms with Gasteiger partial charge in [-0.25, -0.2) is 17.8 Å². The minimum atomic E-state index is -3.16. The molecule has 0 spiro atoms. The molecule has 1 atom stereocenters. The van der Waals surface area contributed by atoms with Crippen molar-refractivity contribution in [2.24, 2.45) is 0 Å². The van der Waals surface area contributed by atoms with Crippen LogP contribution in [-0.4, -0.2) is 37.3 Å². The van der Waals surface area contributed by atoms with Crippen LogP contribution in [0.4, 0.5) is 4.39 Å². The molecular formula is C25H32FNO4S. The molecule has 0 N–H and O–H groups in total. The van der Waals surface area contributed by atoms with Crippen LogP contribution >= 0.6 is 0 Å². The van der Waals surface area contributed by atoms with E-state index in [-0.39, 0.29) is 24.1 Å². The van der Waals surface area contributed by atoms with Crippen molar-refractivity contribution in [3.05, 3.63) is 58.5 Å². The number of halogens is 1. The summed E-state index contributed by atoms with van der Waals surface area (Å²) in [6, 6.07) is 8.54. The maximum atomic E-state index is 14.5. The molecule has 7 heteroatoms. The van der Waals surface area contributed by atoms with Crippen LogP contribution < -0.4 is 4.74 Å². The third-order valence-corrected chi connectivity index (χ3v) is 7.05. The first-order valence-electron chi connectivity index (χ1n) is 11.2. The van der Waals surface area contributed by atoms with Crippen LogP contribution in [0, 0.1) is 12.7 Å². The Kier molecular flexibility index (Phi) is 8.04. The molecule has 32 heavy (non-hydrogen) atoms. The second-order valence-corrected chi connectivity index (χ2v) is 11.1. The molecule has 0 saturated heterocycles. The lowest BCUT2D eigenvalue weighted by atomic mass is 9.92. The Morgan fingerprint density at radius 3 is 2.50 bits per heavy atom. The van der Waals surface area contributed by atoms with Crippen LogP contribution in [0.15, 0.2) is 30.3 Å². The predicted octanol–water partition coefficient (Wildman–Crippen LogP) is 4.74. The molecule has 1 aliphatic carbocycles. The van der Waals surface area contributed by atoms with E-state index in [9.17, 15) is 17.6 Å². The Balaban J connectivity index is 1.63. The Bertz CT molecular complexity index is 1060. The van der Waals surface area contributed by atoms with Crippen molar-refractivity contribution in [1.29, 1.82) is 0 Å². The number of ketones is 1. The van der Waals surface area contributed by atoms with Crippen LogP contribution in [0.3, 0.4) is 0 Å². The lowest BCUT2D eigenvalue weighted by Crippen LogP contribution is -2.15. The van der Waals surface area contributed by atoms with Crippen molar-refractivity contribution in [1.82, 2.24) is 4.98 Å². The zero-order valence-electron chi connectivity index (χ0n) is 19.1. The topological polar surface area (TPSA) is 73.3 Å². The number of carbonyl (C=O) groups excluding carboxylic acids is 1. The highest BCUT2D eigenvalue weighted by atomic mass is 32.2. The molecule has 1 aromatic carbocycles. The fourth-order valence-corrected chi connectivity index (χ4v) is 4.60. The van der Waals surface area contributed by atoms with Crippen molar-refractivity contribution >= 4 is 15.6 Å². The molecule has 0 bridgehead atoms. The Hall–Kier alpha value is -2.28. The van der Waals surface area contributed by atoms with Gasteiger partial charge in [-0.1, -0.05) is 25.1 Å². The SMILES string of the molecule is Cc1ccc(CCC(=O)C(C)c2ccc(CCS(C)(=O)=O)c(F)c2)c(OC2CCCC2)n1. The van der Waals surface area contributed by atoms with Gasteiger partial charge in [0.2, 0.25) is 5.88 Å². The van der Waals surface area contributed by atoms with Crippen LogP contribution in [0.5, 0.6) is 5.88 Å². The summed E-state index contributed by atoms with van der Waals surface area (Å²) in [5.74, 6) is -0.390. The fourth-order valence-electron chi connectivity index (χ4n) is 4.01. The Morgan fingerprint density at radius 2 is 1.84 bits per heavy atom. The second kappa shape index (κ2) is 10.6. The lowest BCUT2D eigenvalue weighted by Gasteiger charge is -2.17. The first kappa shape index (κ1) is 24.4. The molecule has 0 radical (unpaired) electrons. The van der Waals surface area contributed by atoms with E-state index in [1.807, 2.05) is 19.1 Å². The van der Waals surface area contributed by atoms with Crippen molar-refractivity contribution in [3.8, 4) is 5.88 Å². The van der Waals surface area contributed by atoms with Crippen molar-refractivity contribution in [3.63, 3.8) is 0 Å². The van der Waals surface area contributed by atoms with Gasteiger partial charge >= 0.3 is 0 Å². The van der Waals surface area contributed by atoms with Gasteiger partial charge in [0.05, 0.1) is 5.75 Å². The largest absolute Gasteiger partial charge is 0.474 e. The van der Waals surface area contributed by atoms with E-state index in [1.165, 1.54) is 18.9 Å². The molecule has 174 valence electrons. The summed E-state index contributed by atoms with van der Waals surface area (Å²) in [7, 11) is -3.16. The van der Waals surface area contributed by atoms with Crippen LogP contribution in [0.25, 0.3) is 0 Å². The number of rotatable bonds is 10. The third kappa shape index (κ3) is 6.86. The summed E-state index contributed by atoms with van der Waals surface area (Å²) in [6.07, 6.45) is 6.70. The predicted molar refractivity (Wildman–Crippen MR) is 123 cm³/mol. The minimum absolute atomic E-state index is 0.0145. The molecule has 1 aliphatic rings. The number of aromatic nitrogens is 1. The van der Waals surface area contributed by atoms with Gasteiger partial charge in [-0.15, -0.1) is 0 Å². The Labute approximate surface area is 190 Å². The van der Waals surface area contributed by atoms with Crippen LogP contribution in [0.2, 0.25) is 0 Å². The highest BCUT2D eigenvalue weighted by Crippen LogP contribution is 2.27. The number of ether oxygens (including phenoxy) is 1. The summed E-state index contributed by atoms with van der Waals surface area (Å²) in [5, 5.41) is 0. The van der Waals surface area contributed by atoms with E-state index in [2.05, 4.69) is 4.98 Å². The van der Waals surface area contributed by atoms with E-state index in [0.29, 0.717) is 29.8 Å². The van der Waals surface area contributed by atoms with E-state index >= 15 is 0 Å². The van der Waals surface area contributed by atoms with E-state index in [4.69, 9.17) is 4.74 Å². The number of sulfone groups is 1. The van der Waals surface area contributed by atoms with E-state index < -0.39 is 21.6 Å². The first-order valence-corrected chi connectivity index (χ1v) is 13.3. The van der Waals surface area contributed by atoms with E-state index in [0.717, 1.165) is 30.4 Å². The monoisotopic (exact) mass is 461 g/mol. The zero-order valence-corrected chi connectivity index (χ0v) is 19.9. The maximum absolute atomic E-state index is 14.5. The Morgan fingerprint density at radius 1 is 1.16 bits per heavy atom. The highest BCUT2D eigenvalue weighted by Gasteiger charge is 2.21. The molecule has 0 aliphatic heterocycles. The minimum Gasteiger partial charge on any atom is -0.474 e. The number of hydrogen-bond donors (Lipinski definition) is 0. The first-order chi connectivity index (χ1) is 15.1. The van der Waals surface area contributed by atoms with Crippen molar-refractivity contribution < 1.29 is 22.3 Å². The number of carbonyl (C=O) groups is 1. The van der Waals surface area contributed by atoms with Crippen molar-refractivity contribution in [2.45, 2.75) is 70.8 Å². The van der Waals surface area contributed by atoms with Crippen LogP contribution in [0.1, 0.15) is 67.3 Å². The van der Waals surface area contributed by atoms with Gasteiger partial charge in [0.25, 0.3) is 0 Å². The van der Waals surface area contributed by atoms with Gasteiger partial charge in [-0.3, -0.25) is 4.79 Å². The summed E-state index contributed by atoms with van der Waals surface area (Å²) in [6.45, 7) is 3.70. The summed E-state index contributed by atoms with van der Waals surface area (Å²) < 4.78 is 43.2. The molecule has 1 saturated carbocycles. The van der Waals surface area contributed by atoms with E-state index in [1.54, 1.807) is 19.1 Å². The number of nitrogens with zero attached hydrogens (tertiary/aromatic N) is 1. The van der Waals surface area contributed by atoms with Gasteiger partial charge in [-0.05, 0) is 68.7 Å². The second-order valence-electron chi connectivity index (χ2n) is 8.86. The normalized spacial score (nSPS) is 15.6. The number of hydrogen-bond acceptors (Lipinski definition) is 5. The average Bonchev–Trinajstić information content (AvgIpc) is 3.24. The lowest BCUT2D eigenvalue weighted by molar-refractivity contribution is -0.120. The molecule has 1 unspecified atom stereocenters. The summed E-state index contributed by atoms with van der Waals surface area (Å²) in [4.78, 5) is 17.4. The van der Waals surface area contributed by atoms with Crippen molar-refractivity contribution in [2.75, 3.05) is 12.0 Å². The number of aryl methyl sites for hydroxylation is 3. The standard InChI is InChI=1S/C25H32FNO4S/c1-17-8-9-20(25(27-17)31-22-6-4-5-7-22)12-13-24(28)18(2)21-11-10-19(23(26)16-21)14-15-32(3,29)30/h8-11,16,18,22H,4-7,12-15H2,1-3H3. The summed E-state index contributed by atoms with van der Waals surface area (Å²) in [5.41, 5.74) is 2.75. The third-order valence-electron chi connectivity index (χ3n) is 6.10. The quantitative estimate of drug-likeness (QED) is 0.511. The fraction of sp³-hybridized carbons (Fsp3) is 0.520. The highest BCUT2D eigenvalue weighted by molar-refractivity contribution is 7.90. The molecule has 5 nitrogen and oxygen atoms in total. The zero-order chi connectivity index (χ0) is 23.3. The molecule has 0 amide bonds. The molecular weight excluding hydrogens is 429 g/mol. The summed E-state index contributed by atoms with van der Waals surface area (Å²) >= 11 is 0. The number of benzene rings is 1. The molecule has 1 aromatic heterocycles. The maximum Gasteiger partial charge on any atom is 0.217 e. The van der Waals surface area contributed by atoms with Gasteiger partial charge < -0.3 is 4.74 Å². The average molecular weight is 462 g/mol. The van der Waals surface area contributed by atoms with Gasteiger partial charge in [0.1, 0.15) is 27.5 Å². The molecule has 2 aromatic rings. The molecule has 1 fully saturated rings. The van der Waals surface area contributed by atoms with Crippen LogP contribution in [-0.2, 0) is 27.5 Å². The number of Topliss-reactive ketones (excluding diaryl/α,β-unsaturated/α-hetero) is 1.